The lowest BCUT2D eigenvalue weighted by Gasteiger charge is -1.98. The molecule has 0 bridgehead atoms. The molecule has 0 atom stereocenters. The van der Waals surface area contributed by atoms with E-state index in [1.165, 1.54) is 0 Å². The molecule has 0 radical (unpaired) electrons. The van der Waals surface area contributed by atoms with Crippen molar-refractivity contribution in [3.8, 4) is 29.9 Å². The molecule has 0 N–H and O–H groups in total. The Morgan fingerprint density at radius 1 is 1.00 bits per heavy atom. The molecule has 2 heteroatoms. The van der Waals surface area contributed by atoms with Gasteiger partial charge in [0.1, 0.15) is 5.75 Å². The topological polar surface area (TPSA) is 9.23 Å². The number of rotatable bonds is 1. The van der Waals surface area contributed by atoms with Gasteiger partial charge >= 0.3 is 0 Å². The van der Waals surface area contributed by atoms with Gasteiger partial charge in [-0.1, -0.05) is 29.4 Å². The number of methoxy groups -OCH3 is 1. The molecule has 0 heterocycles. The molecule has 2 aromatic carbocycles. The van der Waals surface area contributed by atoms with Gasteiger partial charge < -0.3 is 4.74 Å². The maximum absolute atomic E-state index is 6.02. The Labute approximate surface area is 118 Å². The smallest absolute Gasteiger partial charge is 0.118 e. The summed E-state index contributed by atoms with van der Waals surface area (Å²) in [6.07, 6.45) is 5.31. The Morgan fingerprint density at radius 2 is 1.63 bits per heavy atom. The van der Waals surface area contributed by atoms with Crippen LogP contribution in [0.4, 0.5) is 0 Å². The molecule has 0 unspecified atom stereocenters. The maximum atomic E-state index is 6.02. The van der Waals surface area contributed by atoms with E-state index < -0.39 is 0 Å². The van der Waals surface area contributed by atoms with Gasteiger partial charge in [0, 0.05) is 16.7 Å². The fourth-order valence-electron chi connectivity index (χ4n) is 1.53. The Hall–Kier alpha value is -2.35. The van der Waals surface area contributed by atoms with Crippen molar-refractivity contribution in [2.24, 2.45) is 0 Å². The molecule has 0 aliphatic carbocycles. The molecular weight excluding hydrogens is 256 g/mol. The van der Waals surface area contributed by atoms with Crippen molar-refractivity contribution in [1.29, 1.82) is 0 Å². The first-order valence-electron chi connectivity index (χ1n) is 5.65. The van der Waals surface area contributed by atoms with Crippen LogP contribution in [0.1, 0.15) is 16.7 Å². The van der Waals surface area contributed by atoms with Crippen LogP contribution in [0, 0.1) is 24.2 Å². The second-order valence-corrected chi connectivity index (χ2v) is 4.22. The van der Waals surface area contributed by atoms with Crippen molar-refractivity contribution in [3.05, 3.63) is 64.2 Å². The summed E-state index contributed by atoms with van der Waals surface area (Å²) in [5.74, 6) is 9.43. The molecule has 92 valence electrons. The summed E-state index contributed by atoms with van der Waals surface area (Å²) in [6, 6.07) is 13.0. The Bertz CT molecular complexity index is 682. The van der Waals surface area contributed by atoms with Crippen LogP contribution in [0.5, 0.6) is 5.75 Å². The minimum absolute atomic E-state index is 0.545. The van der Waals surface area contributed by atoms with Gasteiger partial charge in [0.25, 0.3) is 0 Å². The lowest BCUT2D eigenvalue weighted by molar-refractivity contribution is 0.415. The van der Waals surface area contributed by atoms with E-state index in [1.54, 1.807) is 19.2 Å². The van der Waals surface area contributed by atoms with Gasteiger partial charge in [-0.25, -0.2) is 0 Å². The number of hydrogen-bond acceptors (Lipinski definition) is 1. The maximum Gasteiger partial charge on any atom is 0.118 e. The van der Waals surface area contributed by atoms with Crippen molar-refractivity contribution < 1.29 is 4.74 Å². The second kappa shape index (κ2) is 6.01. The number of hydrogen-bond donors (Lipinski definition) is 0. The standard InChI is InChI=1S/C17H11ClO/c1-3-15-9-6-14(12-17(15)18)5-4-13-7-10-16(19-2)11-8-13/h1,6-12H,2H3. The lowest BCUT2D eigenvalue weighted by atomic mass is 10.1. The van der Waals surface area contributed by atoms with Crippen molar-refractivity contribution in [1.82, 2.24) is 0 Å². The van der Waals surface area contributed by atoms with Crippen LogP contribution in [0.3, 0.4) is 0 Å². The predicted octanol–water partition coefficient (Wildman–Crippen LogP) is 3.73. The lowest BCUT2D eigenvalue weighted by Crippen LogP contribution is -1.82. The first-order chi connectivity index (χ1) is 9.22. The zero-order valence-corrected chi connectivity index (χ0v) is 11.2. The summed E-state index contributed by atoms with van der Waals surface area (Å²) in [4.78, 5) is 0. The molecule has 0 saturated heterocycles. The van der Waals surface area contributed by atoms with E-state index in [1.807, 2.05) is 30.3 Å². The fraction of sp³-hybridized carbons (Fsp3) is 0.0588. The first-order valence-corrected chi connectivity index (χ1v) is 6.03. The summed E-state index contributed by atoms with van der Waals surface area (Å²) in [6.45, 7) is 0. The quantitative estimate of drug-likeness (QED) is 0.715. The minimum Gasteiger partial charge on any atom is -0.497 e. The number of benzene rings is 2. The average Bonchev–Trinajstić information content (AvgIpc) is 2.46. The molecule has 0 spiro atoms. The van der Waals surface area contributed by atoms with Crippen LogP contribution in [-0.4, -0.2) is 7.11 Å². The highest BCUT2D eigenvalue weighted by Crippen LogP contribution is 2.16. The summed E-state index contributed by atoms with van der Waals surface area (Å²) >= 11 is 6.02. The molecule has 2 aromatic rings. The number of terminal acetylenes is 1. The minimum atomic E-state index is 0.545. The molecular formula is C17H11ClO. The SMILES string of the molecule is C#Cc1ccc(C#Cc2ccc(OC)cc2)cc1Cl. The van der Waals surface area contributed by atoms with E-state index in [2.05, 4.69) is 17.8 Å². The normalized spacial score (nSPS) is 9.11. The van der Waals surface area contributed by atoms with E-state index in [0.29, 0.717) is 10.6 Å². The average molecular weight is 267 g/mol. The Balaban J connectivity index is 2.24. The van der Waals surface area contributed by atoms with Gasteiger partial charge in [0.2, 0.25) is 0 Å². The van der Waals surface area contributed by atoms with E-state index in [0.717, 1.165) is 16.9 Å². The molecule has 0 amide bonds. The predicted molar refractivity (Wildman–Crippen MR) is 78.4 cm³/mol. The number of halogens is 1. The van der Waals surface area contributed by atoms with Gasteiger partial charge in [0.15, 0.2) is 0 Å². The highest BCUT2D eigenvalue weighted by Gasteiger charge is 1.97. The molecule has 2 rings (SSSR count). The monoisotopic (exact) mass is 266 g/mol. The molecule has 0 saturated carbocycles. The zero-order chi connectivity index (χ0) is 13.7. The fourth-order valence-corrected chi connectivity index (χ4v) is 1.76. The van der Waals surface area contributed by atoms with Crippen LogP contribution in [-0.2, 0) is 0 Å². The molecule has 0 fully saturated rings. The third-order valence-corrected chi connectivity index (χ3v) is 2.88. The molecule has 0 aromatic heterocycles. The highest BCUT2D eigenvalue weighted by molar-refractivity contribution is 6.31. The van der Waals surface area contributed by atoms with Gasteiger partial charge in [-0.2, -0.15) is 0 Å². The first kappa shape index (κ1) is 13.1. The summed E-state index contributed by atoms with van der Waals surface area (Å²) in [7, 11) is 1.63. The van der Waals surface area contributed by atoms with Gasteiger partial charge in [-0.05, 0) is 42.5 Å². The van der Waals surface area contributed by atoms with E-state index >= 15 is 0 Å². The Kier molecular flexibility index (Phi) is 4.14. The van der Waals surface area contributed by atoms with E-state index in [9.17, 15) is 0 Å². The molecule has 1 nitrogen and oxygen atoms in total. The van der Waals surface area contributed by atoms with E-state index in [4.69, 9.17) is 22.8 Å². The summed E-state index contributed by atoms with van der Waals surface area (Å²) in [5, 5.41) is 0.545. The third kappa shape index (κ3) is 3.32. The zero-order valence-electron chi connectivity index (χ0n) is 10.4. The summed E-state index contributed by atoms with van der Waals surface area (Å²) < 4.78 is 5.09. The van der Waals surface area contributed by atoms with Crippen LogP contribution < -0.4 is 4.74 Å². The summed E-state index contributed by atoms with van der Waals surface area (Å²) in [5.41, 5.74) is 2.43. The molecule has 0 aliphatic heterocycles. The van der Waals surface area contributed by atoms with Crippen molar-refractivity contribution in [3.63, 3.8) is 0 Å². The van der Waals surface area contributed by atoms with Gasteiger partial charge in [0.05, 0.1) is 12.1 Å². The van der Waals surface area contributed by atoms with Crippen molar-refractivity contribution in [2.75, 3.05) is 7.11 Å². The van der Waals surface area contributed by atoms with Gasteiger partial charge in [-0.3, -0.25) is 0 Å². The Morgan fingerprint density at radius 3 is 2.21 bits per heavy atom. The van der Waals surface area contributed by atoms with Crippen LogP contribution >= 0.6 is 11.6 Å². The largest absolute Gasteiger partial charge is 0.497 e. The second-order valence-electron chi connectivity index (χ2n) is 3.82. The van der Waals surface area contributed by atoms with E-state index in [-0.39, 0.29) is 0 Å². The molecule has 19 heavy (non-hydrogen) atoms. The van der Waals surface area contributed by atoms with Crippen molar-refractivity contribution in [2.45, 2.75) is 0 Å². The number of ether oxygens (including phenoxy) is 1. The highest BCUT2D eigenvalue weighted by atomic mass is 35.5. The van der Waals surface area contributed by atoms with Gasteiger partial charge in [-0.15, -0.1) is 6.42 Å². The van der Waals surface area contributed by atoms with Crippen LogP contribution in [0.2, 0.25) is 5.02 Å². The van der Waals surface area contributed by atoms with Crippen molar-refractivity contribution >= 4 is 11.6 Å². The molecule has 0 aliphatic rings. The third-order valence-electron chi connectivity index (χ3n) is 2.57. The van der Waals surface area contributed by atoms with Crippen LogP contribution in [0.15, 0.2) is 42.5 Å². The van der Waals surface area contributed by atoms with Crippen LogP contribution in [0.25, 0.3) is 0 Å².